The average molecular weight is 541 g/mol. The van der Waals surface area contributed by atoms with Crippen LogP contribution in [-0.2, 0) is 26.0 Å². The highest BCUT2D eigenvalue weighted by molar-refractivity contribution is 7.89. The third-order valence-electron chi connectivity index (χ3n) is 6.41. The molecular weight excluding hydrogens is 512 g/mol. The van der Waals surface area contributed by atoms with Crippen LogP contribution in [0.1, 0.15) is 35.7 Å². The first-order valence-corrected chi connectivity index (χ1v) is 14.0. The van der Waals surface area contributed by atoms with Gasteiger partial charge in [-0.1, -0.05) is 48.0 Å². The highest BCUT2D eigenvalue weighted by Crippen LogP contribution is 2.27. The molecule has 1 N–H and O–H groups in total. The van der Waals surface area contributed by atoms with Gasteiger partial charge < -0.3 is 10.1 Å². The number of rotatable bonds is 8. The van der Waals surface area contributed by atoms with Crippen LogP contribution in [0.2, 0.25) is 5.02 Å². The number of sulfonamides is 1. The largest absolute Gasteiger partial charge is 0.449 e. The lowest BCUT2D eigenvalue weighted by molar-refractivity contribution is -0.123. The van der Waals surface area contributed by atoms with Crippen LogP contribution in [0, 0.1) is 5.92 Å². The highest BCUT2D eigenvalue weighted by atomic mass is 35.5. The topological polar surface area (TPSA) is 92.8 Å². The van der Waals surface area contributed by atoms with Gasteiger partial charge in [-0.25, -0.2) is 13.2 Å². The van der Waals surface area contributed by atoms with Gasteiger partial charge in [0.2, 0.25) is 10.0 Å². The van der Waals surface area contributed by atoms with Crippen molar-refractivity contribution >= 4 is 39.2 Å². The summed E-state index contributed by atoms with van der Waals surface area (Å²) in [5.74, 6) is -0.870. The first-order chi connectivity index (χ1) is 17.7. The van der Waals surface area contributed by atoms with E-state index in [-0.39, 0.29) is 10.5 Å². The van der Waals surface area contributed by atoms with Crippen LogP contribution in [0.3, 0.4) is 0 Å². The molecule has 0 bridgehead atoms. The second-order valence-corrected chi connectivity index (χ2v) is 11.5. The zero-order valence-corrected chi connectivity index (χ0v) is 22.0. The van der Waals surface area contributed by atoms with E-state index in [9.17, 15) is 18.0 Å². The molecular formula is C28H29ClN2O5S. The van der Waals surface area contributed by atoms with E-state index in [0.717, 1.165) is 19.3 Å². The number of anilines is 1. The molecule has 3 aromatic rings. The molecule has 194 valence electrons. The second-order valence-electron chi connectivity index (χ2n) is 9.11. The molecule has 1 unspecified atom stereocenters. The molecule has 1 aliphatic rings. The maximum Gasteiger partial charge on any atom is 0.338 e. The van der Waals surface area contributed by atoms with E-state index in [1.165, 1.54) is 41.1 Å². The second kappa shape index (κ2) is 11.9. The Bertz CT molecular complexity index is 1340. The van der Waals surface area contributed by atoms with Gasteiger partial charge in [0, 0.05) is 23.8 Å². The van der Waals surface area contributed by atoms with Crippen molar-refractivity contribution in [1.29, 1.82) is 0 Å². The van der Waals surface area contributed by atoms with Crippen molar-refractivity contribution in [2.45, 2.75) is 37.2 Å². The minimum absolute atomic E-state index is 0.0294. The number of hydrogen-bond acceptors (Lipinski definition) is 5. The number of benzene rings is 3. The van der Waals surface area contributed by atoms with Crippen LogP contribution < -0.4 is 5.32 Å². The summed E-state index contributed by atoms with van der Waals surface area (Å²) < 4.78 is 33.3. The molecule has 3 aromatic carbocycles. The Labute approximate surface area is 222 Å². The van der Waals surface area contributed by atoms with Crippen LogP contribution in [-0.4, -0.2) is 43.8 Å². The van der Waals surface area contributed by atoms with E-state index < -0.39 is 28.0 Å². The molecule has 0 aliphatic carbocycles. The first-order valence-electron chi connectivity index (χ1n) is 12.1. The van der Waals surface area contributed by atoms with Crippen molar-refractivity contribution in [3.63, 3.8) is 0 Å². The van der Waals surface area contributed by atoms with Crippen molar-refractivity contribution in [3.8, 4) is 0 Å². The maximum atomic E-state index is 13.3. The summed E-state index contributed by atoms with van der Waals surface area (Å²) in [5.41, 5.74) is 1.83. The lowest BCUT2D eigenvalue weighted by atomic mass is 9.91. The van der Waals surface area contributed by atoms with Gasteiger partial charge in [-0.05, 0) is 80.1 Å². The van der Waals surface area contributed by atoms with Crippen molar-refractivity contribution in [2.24, 2.45) is 5.92 Å². The SMILES string of the molecule is CC(OC(=O)c1cccc(S(=O)(=O)N2CCC(Cc3ccccc3)CC2)c1)C(=O)Nc1ccc(Cl)cc1. The summed E-state index contributed by atoms with van der Waals surface area (Å²) >= 11 is 5.85. The number of esters is 1. The highest BCUT2D eigenvalue weighted by Gasteiger charge is 2.30. The number of hydrogen-bond donors (Lipinski definition) is 1. The zero-order chi connectivity index (χ0) is 26.4. The third-order valence-corrected chi connectivity index (χ3v) is 8.56. The molecule has 1 heterocycles. The fraction of sp³-hybridized carbons (Fsp3) is 0.286. The van der Waals surface area contributed by atoms with E-state index in [2.05, 4.69) is 17.4 Å². The molecule has 1 atom stereocenters. The van der Waals surface area contributed by atoms with Gasteiger partial charge in [0.05, 0.1) is 10.5 Å². The Morgan fingerprint density at radius 1 is 1.00 bits per heavy atom. The van der Waals surface area contributed by atoms with Crippen LogP contribution in [0.15, 0.2) is 83.8 Å². The Hall–Kier alpha value is -3.20. The predicted octanol–water partition coefficient (Wildman–Crippen LogP) is 5.17. The number of piperidine rings is 1. The Kier molecular flexibility index (Phi) is 8.63. The van der Waals surface area contributed by atoms with Gasteiger partial charge in [-0.15, -0.1) is 0 Å². The van der Waals surface area contributed by atoms with Crippen LogP contribution in [0.5, 0.6) is 0 Å². The monoisotopic (exact) mass is 540 g/mol. The first kappa shape index (κ1) is 26.9. The molecule has 7 nitrogen and oxygen atoms in total. The Balaban J connectivity index is 1.35. The van der Waals surface area contributed by atoms with Gasteiger partial charge in [0.15, 0.2) is 6.10 Å². The van der Waals surface area contributed by atoms with Crippen molar-refractivity contribution in [3.05, 3.63) is 95.0 Å². The van der Waals surface area contributed by atoms with E-state index >= 15 is 0 Å². The quantitative estimate of drug-likeness (QED) is 0.398. The summed E-state index contributed by atoms with van der Waals surface area (Å²) in [6.45, 7) is 2.30. The molecule has 0 radical (unpaired) electrons. The maximum absolute atomic E-state index is 13.3. The molecule has 1 fully saturated rings. The lowest BCUT2D eigenvalue weighted by Crippen LogP contribution is -2.39. The van der Waals surface area contributed by atoms with Crippen molar-refractivity contribution < 1.29 is 22.7 Å². The standard InChI is InChI=1S/C28H29ClN2O5S/c1-20(27(32)30-25-12-10-24(29)11-13-25)36-28(33)23-8-5-9-26(19-23)37(34,35)31-16-14-22(15-17-31)18-21-6-3-2-4-7-21/h2-13,19-20,22H,14-18H2,1H3,(H,30,32). The summed E-state index contributed by atoms with van der Waals surface area (Å²) in [5, 5.41) is 3.18. The number of halogens is 1. The summed E-state index contributed by atoms with van der Waals surface area (Å²) in [6.07, 6.45) is 1.39. The summed E-state index contributed by atoms with van der Waals surface area (Å²) in [4.78, 5) is 25.1. The molecule has 0 aromatic heterocycles. The Morgan fingerprint density at radius 3 is 2.35 bits per heavy atom. The predicted molar refractivity (Wildman–Crippen MR) is 143 cm³/mol. The van der Waals surface area contributed by atoms with Gasteiger partial charge in [0.25, 0.3) is 5.91 Å². The van der Waals surface area contributed by atoms with Gasteiger partial charge in [-0.2, -0.15) is 4.31 Å². The zero-order valence-electron chi connectivity index (χ0n) is 20.5. The van der Waals surface area contributed by atoms with Gasteiger partial charge in [0.1, 0.15) is 0 Å². The number of carbonyl (C=O) groups is 2. The lowest BCUT2D eigenvalue weighted by Gasteiger charge is -2.31. The van der Waals surface area contributed by atoms with Crippen molar-refractivity contribution in [1.82, 2.24) is 4.31 Å². The molecule has 0 spiro atoms. The molecule has 0 saturated carbocycles. The van der Waals surface area contributed by atoms with Gasteiger partial charge in [-0.3, -0.25) is 4.79 Å². The summed E-state index contributed by atoms with van der Waals surface area (Å²) in [7, 11) is -3.77. The van der Waals surface area contributed by atoms with E-state index in [4.69, 9.17) is 16.3 Å². The van der Waals surface area contributed by atoms with Gasteiger partial charge >= 0.3 is 5.97 Å². The van der Waals surface area contributed by atoms with E-state index in [0.29, 0.717) is 29.7 Å². The number of ether oxygens (including phenoxy) is 1. The fourth-order valence-corrected chi connectivity index (χ4v) is 5.94. The molecule has 4 rings (SSSR count). The number of nitrogens with one attached hydrogen (secondary N) is 1. The van der Waals surface area contributed by atoms with E-state index in [1.807, 2.05) is 18.2 Å². The molecule has 1 saturated heterocycles. The Morgan fingerprint density at radius 2 is 1.68 bits per heavy atom. The minimum atomic E-state index is -3.77. The molecule has 1 aliphatic heterocycles. The number of nitrogens with zero attached hydrogens (tertiary/aromatic N) is 1. The minimum Gasteiger partial charge on any atom is -0.449 e. The van der Waals surface area contributed by atoms with Crippen LogP contribution >= 0.6 is 11.6 Å². The van der Waals surface area contributed by atoms with Crippen molar-refractivity contribution in [2.75, 3.05) is 18.4 Å². The number of amides is 1. The smallest absolute Gasteiger partial charge is 0.338 e. The number of carbonyl (C=O) groups excluding carboxylic acids is 2. The molecule has 9 heteroatoms. The van der Waals surface area contributed by atoms with Crippen LogP contribution in [0.25, 0.3) is 0 Å². The average Bonchev–Trinajstić information content (AvgIpc) is 2.91. The third kappa shape index (κ3) is 6.97. The molecule has 1 amide bonds. The van der Waals surface area contributed by atoms with Crippen LogP contribution in [0.4, 0.5) is 5.69 Å². The normalized spacial score (nSPS) is 15.6. The fourth-order valence-electron chi connectivity index (χ4n) is 4.29. The molecule has 37 heavy (non-hydrogen) atoms. The van der Waals surface area contributed by atoms with E-state index in [1.54, 1.807) is 24.3 Å². The summed E-state index contributed by atoms with van der Waals surface area (Å²) in [6, 6.07) is 22.5.